The minimum Gasteiger partial charge on any atom is -0.354 e. The molecule has 4 aromatic heterocycles. The second-order valence-electron chi connectivity index (χ2n) is 11.8. The number of nitrogens with one attached hydrogen (secondary N) is 1. The molecule has 2 aliphatic heterocycles. The lowest BCUT2D eigenvalue weighted by atomic mass is 10.0. The second-order valence-corrected chi connectivity index (χ2v) is 13.0. The predicted octanol–water partition coefficient (Wildman–Crippen LogP) is 8.54. The van der Waals surface area contributed by atoms with E-state index in [1.807, 2.05) is 103 Å². The van der Waals surface area contributed by atoms with Crippen LogP contribution in [0.5, 0.6) is 0 Å². The molecule has 5 nitrogen and oxygen atoms in total. The molecule has 6 bridgehead atoms. The van der Waals surface area contributed by atoms with Gasteiger partial charge in [-0.2, -0.15) is 0 Å². The first-order valence-electron chi connectivity index (χ1n) is 16.6. The van der Waals surface area contributed by atoms with Crippen molar-refractivity contribution in [3.8, 4) is 45.9 Å². The number of aromatic amines is 1. The molecule has 52 heavy (non-hydrogen) atoms. The van der Waals surface area contributed by atoms with Crippen LogP contribution in [0.15, 0.2) is 122 Å². The number of hydrogen-bond donors (Lipinski definition) is 1. The summed E-state index contributed by atoms with van der Waals surface area (Å²) in [5, 5.41) is 0. The molecule has 0 fully saturated rings. The summed E-state index contributed by atoms with van der Waals surface area (Å²) >= 11 is 1.46. The van der Waals surface area contributed by atoms with Gasteiger partial charge in [0.05, 0.1) is 39.4 Å². The lowest BCUT2D eigenvalue weighted by molar-refractivity contribution is 1.28. The molecule has 6 heterocycles. The SMILES string of the molecule is C=c1sc(=C)c(-c2ccccc2)c2nc(c(C#Cc3ccccn3)c3ccc([nH]3)c(-c3ccccc3)c3nc(c1C#Cc1ccccn1)C=C3)C=C2. The number of H-pyrrole nitrogens is 1. The zero-order chi connectivity index (χ0) is 35.3. The van der Waals surface area contributed by atoms with Gasteiger partial charge in [-0.3, -0.25) is 0 Å². The van der Waals surface area contributed by atoms with Gasteiger partial charge in [0.1, 0.15) is 11.4 Å². The van der Waals surface area contributed by atoms with Gasteiger partial charge < -0.3 is 4.98 Å². The van der Waals surface area contributed by atoms with Gasteiger partial charge in [0.2, 0.25) is 0 Å². The van der Waals surface area contributed by atoms with Crippen LogP contribution in [-0.2, 0) is 0 Å². The molecule has 2 aliphatic rings. The van der Waals surface area contributed by atoms with Crippen molar-refractivity contribution in [2.75, 3.05) is 0 Å². The molecule has 0 atom stereocenters. The maximum absolute atomic E-state index is 5.20. The lowest BCUT2D eigenvalue weighted by Crippen LogP contribution is -2.08. The van der Waals surface area contributed by atoms with E-state index in [1.54, 1.807) is 12.4 Å². The first-order chi connectivity index (χ1) is 25.6. The topological polar surface area (TPSA) is 67.3 Å². The van der Waals surface area contributed by atoms with E-state index >= 15 is 0 Å². The summed E-state index contributed by atoms with van der Waals surface area (Å²) in [5.74, 6) is 13.3. The normalized spacial score (nSPS) is 11.2. The fraction of sp³-hybridized carbons (Fsp3) is 0. The van der Waals surface area contributed by atoms with Crippen molar-refractivity contribution >= 4 is 59.8 Å². The van der Waals surface area contributed by atoms with Crippen LogP contribution in [0.25, 0.3) is 70.7 Å². The van der Waals surface area contributed by atoms with Crippen molar-refractivity contribution in [1.29, 1.82) is 0 Å². The predicted molar refractivity (Wildman–Crippen MR) is 215 cm³/mol. The quantitative estimate of drug-likeness (QED) is 0.186. The molecule has 0 saturated carbocycles. The third-order valence-corrected chi connectivity index (χ3v) is 9.32. The summed E-state index contributed by atoms with van der Waals surface area (Å²) in [6.45, 7) is 9.09. The highest BCUT2D eigenvalue weighted by molar-refractivity contribution is 7.07. The van der Waals surface area contributed by atoms with Gasteiger partial charge >= 0.3 is 0 Å². The molecule has 244 valence electrons. The maximum atomic E-state index is 5.20. The summed E-state index contributed by atoms with van der Waals surface area (Å²) < 4.78 is 1.49. The van der Waals surface area contributed by atoms with E-state index in [-0.39, 0.29) is 0 Å². The Morgan fingerprint density at radius 1 is 0.462 bits per heavy atom. The zero-order valence-corrected chi connectivity index (χ0v) is 28.8. The van der Waals surface area contributed by atoms with E-state index in [9.17, 15) is 0 Å². The Morgan fingerprint density at radius 2 is 0.962 bits per heavy atom. The van der Waals surface area contributed by atoms with Gasteiger partial charge in [0, 0.05) is 38.1 Å². The van der Waals surface area contributed by atoms with Crippen molar-refractivity contribution in [1.82, 2.24) is 24.9 Å². The number of hydrogen-bond acceptors (Lipinski definition) is 5. The van der Waals surface area contributed by atoms with Gasteiger partial charge in [-0.05, 0) is 83.7 Å². The van der Waals surface area contributed by atoms with E-state index < -0.39 is 0 Å². The van der Waals surface area contributed by atoms with Crippen LogP contribution in [0, 0.1) is 23.7 Å². The summed E-state index contributed by atoms with van der Waals surface area (Å²) in [5.41, 5.74) is 11.3. The fourth-order valence-electron chi connectivity index (χ4n) is 5.99. The van der Waals surface area contributed by atoms with Crippen LogP contribution in [-0.4, -0.2) is 24.9 Å². The van der Waals surface area contributed by atoms with Crippen LogP contribution in [0.4, 0.5) is 0 Å². The highest BCUT2D eigenvalue weighted by atomic mass is 32.1. The first kappa shape index (κ1) is 32.1. The molecular weight excluding hydrogens is 655 g/mol. The van der Waals surface area contributed by atoms with Gasteiger partial charge in [-0.1, -0.05) is 97.8 Å². The molecule has 0 spiro atoms. The molecule has 0 saturated heterocycles. The monoisotopic (exact) mass is 683 g/mol. The average molecular weight is 684 g/mol. The number of benzene rings is 2. The maximum Gasteiger partial charge on any atom is 0.113 e. The van der Waals surface area contributed by atoms with E-state index in [4.69, 9.17) is 9.97 Å². The first-order valence-corrected chi connectivity index (χ1v) is 17.4. The van der Waals surface area contributed by atoms with Gasteiger partial charge in [0.15, 0.2) is 0 Å². The van der Waals surface area contributed by atoms with Crippen LogP contribution in [0.2, 0.25) is 0 Å². The number of fused-ring (bicyclic) bond motifs is 6. The molecule has 6 heteroatoms. The largest absolute Gasteiger partial charge is 0.354 e. The smallest absolute Gasteiger partial charge is 0.113 e. The average Bonchev–Trinajstić information content (AvgIpc) is 3.97. The lowest BCUT2D eigenvalue weighted by Gasteiger charge is -2.04. The van der Waals surface area contributed by atoms with Crippen molar-refractivity contribution < 1.29 is 0 Å². The van der Waals surface area contributed by atoms with Crippen molar-refractivity contribution in [2.24, 2.45) is 0 Å². The number of rotatable bonds is 2. The summed E-state index contributed by atoms with van der Waals surface area (Å²) in [6.07, 6.45) is 11.5. The van der Waals surface area contributed by atoms with Crippen molar-refractivity contribution in [3.05, 3.63) is 176 Å². The zero-order valence-electron chi connectivity index (χ0n) is 28.0. The van der Waals surface area contributed by atoms with Gasteiger partial charge in [0.25, 0.3) is 0 Å². The van der Waals surface area contributed by atoms with Crippen LogP contribution in [0.3, 0.4) is 0 Å². The molecule has 1 N–H and O–H groups in total. The summed E-state index contributed by atoms with van der Waals surface area (Å²) in [4.78, 5) is 22.9. The van der Waals surface area contributed by atoms with Gasteiger partial charge in [-0.15, -0.1) is 11.3 Å². The molecule has 2 aromatic carbocycles. The highest BCUT2D eigenvalue weighted by Crippen LogP contribution is 2.31. The van der Waals surface area contributed by atoms with Crippen LogP contribution in [0.1, 0.15) is 45.3 Å². The fourth-order valence-corrected chi connectivity index (χ4v) is 6.87. The third-order valence-electron chi connectivity index (χ3n) is 8.42. The Kier molecular flexibility index (Phi) is 8.88. The Bertz CT molecular complexity index is 2810. The molecule has 6 aromatic rings. The number of nitrogens with zero attached hydrogens (tertiary/aromatic N) is 4. The Hall–Kier alpha value is -7.12. The van der Waals surface area contributed by atoms with E-state index in [0.29, 0.717) is 27.2 Å². The van der Waals surface area contributed by atoms with Gasteiger partial charge in [-0.25, -0.2) is 19.9 Å². The summed E-state index contributed by atoms with van der Waals surface area (Å²) in [6, 6.07) is 35.9. The van der Waals surface area contributed by atoms with E-state index in [1.165, 1.54) is 11.3 Å². The molecular formula is C46H29N5S. The minimum atomic E-state index is 0.657. The third kappa shape index (κ3) is 6.71. The van der Waals surface area contributed by atoms with Crippen LogP contribution >= 0.6 is 11.3 Å². The number of pyridine rings is 2. The van der Waals surface area contributed by atoms with Crippen molar-refractivity contribution in [3.63, 3.8) is 0 Å². The highest BCUT2D eigenvalue weighted by Gasteiger charge is 2.15. The molecule has 0 aliphatic carbocycles. The molecule has 0 radical (unpaired) electrons. The minimum absolute atomic E-state index is 0.657. The van der Waals surface area contributed by atoms with E-state index in [2.05, 4.69) is 82.1 Å². The van der Waals surface area contributed by atoms with E-state index in [0.717, 1.165) is 60.5 Å². The molecule has 0 unspecified atom stereocenters. The Balaban J connectivity index is 1.52. The summed E-state index contributed by atoms with van der Waals surface area (Å²) in [7, 11) is 0. The standard InChI is InChI=1S/C46H29N5S/c1-31-37(21-19-35-17-9-11-29-47-35)39-23-27-43(49-39)46(34-15-7-4-8-16-34)44-28-25-41(51-44)38(22-20-36-18-10-12-30-48-36)40-24-26-42(50-40)45(32(2)52-31)33-13-5-3-6-14-33/h3-18,23-30,51H,1-2H2. The van der Waals surface area contributed by atoms with Crippen LogP contribution < -0.4 is 9.06 Å². The number of aromatic nitrogens is 5. The van der Waals surface area contributed by atoms with Crippen molar-refractivity contribution in [2.45, 2.75) is 0 Å². The second kappa shape index (κ2) is 14.4. The molecule has 8 rings (SSSR count). The molecule has 0 amide bonds. The Labute approximate surface area is 305 Å². The Morgan fingerprint density at radius 3 is 1.56 bits per heavy atom.